The topological polar surface area (TPSA) is 45.2 Å². The molecule has 1 aliphatic heterocycles. The van der Waals surface area contributed by atoms with Gasteiger partial charge < -0.3 is 10.4 Å². The Hall–Kier alpha value is -1.66. The predicted molar refractivity (Wildman–Crippen MR) is 88.7 cm³/mol. The van der Waals surface area contributed by atoms with E-state index in [-0.39, 0.29) is 6.07 Å². The lowest BCUT2D eigenvalue weighted by Crippen LogP contribution is -2.39. The Morgan fingerprint density at radius 3 is 2.32 bits per heavy atom. The third kappa shape index (κ3) is 4.18. The Morgan fingerprint density at radius 1 is 1.11 bits per heavy atom. The number of alkyl halides is 3. The minimum absolute atomic E-state index is 0.00601. The zero-order chi connectivity index (χ0) is 21.0. The van der Waals surface area contributed by atoms with Crippen molar-refractivity contribution in [2.75, 3.05) is 6.54 Å². The van der Waals surface area contributed by atoms with Crippen molar-refractivity contribution in [3.05, 3.63) is 35.5 Å². The molecule has 2 N–H and O–H groups in total. The van der Waals surface area contributed by atoms with Gasteiger partial charge in [-0.1, -0.05) is 38.0 Å². The monoisotopic (exact) mass is 436 g/mol. The Balaban J connectivity index is 2.32. The summed E-state index contributed by atoms with van der Waals surface area (Å²) in [4.78, 5) is 0.359. The predicted octanol–water partition coefficient (Wildman–Crippen LogP) is 6.09. The van der Waals surface area contributed by atoms with Crippen LogP contribution in [0, 0.1) is 0 Å². The third-order valence-electron chi connectivity index (χ3n) is 4.59. The number of para-hydroxylation sites is 1. The van der Waals surface area contributed by atoms with Crippen LogP contribution in [0.4, 0.5) is 32.6 Å². The number of piperidine rings is 1. The van der Waals surface area contributed by atoms with Crippen LogP contribution in [-0.4, -0.2) is 22.7 Å². The number of halogens is 8. The summed E-state index contributed by atoms with van der Waals surface area (Å²) in [7, 11) is -10.3. The van der Waals surface area contributed by atoms with Gasteiger partial charge in [0.25, 0.3) is 0 Å². The maximum atomic E-state index is 13.4. The van der Waals surface area contributed by atoms with Gasteiger partial charge in [-0.05, 0) is 37.1 Å². The highest BCUT2D eigenvalue weighted by atomic mass is 32.5. The Morgan fingerprint density at radius 2 is 1.79 bits per heavy atom. The number of pyridine rings is 1. The molecule has 158 valence electrons. The lowest BCUT2D eigenvalue weighted by Gasteiger charge is -2.41. The van der Waals surface area contributed by atoms with Crippen LogP contribution < -0.4 is 5.32 Å². The highest BCUT2D eigenvalue weighted by molar-refractivity contribution is 8.46. The van der Waals surface area contributed by atoms with E-state index in [1.54, 1.807) is 0 Å². The molecule has 12 heteroatoms. The number of rotatable bonds is 3. The molecule has 0 spiro atoms. The smallest absolute Gasteiger partial charge is 0.387 e. The first-order valence-electron chi connectivity index (χ1n) is 8.24. The van der Waals surface area contributed by atoms with Gasteiger partial charge in [0.05, 0.1) is 11.6 Å². The van der Waals surface area contributed by atoms with Gasteiger partial charge in [0, 0.05) is 11.4 Å². The Bertz CT molecular complexity index is 907. The van der Waals surface area contributed by atoms with Crippen LogP contribution >= 0.6 is 10.2 Å². The molecule has 0 bridgehead atoms. The van der Waals surface area contributed by atoms with E-state index in [0.29, 0.717) is 31.5 Å². The molecule has 0 aliphatic carbocycles. The highest BCUT2D eigenvalue weighted by Crippen LogP contribution is 3.02. The van der Waals surface area contributed by atoms with E-state index in [2.05, 4.69) is 10.3 Å². The molecule has 3 nitrogen and oxygen atoms in total. The van der Waals surface area contributed by atoms with Gasteiger partial charge in [-0.25, -0.2) is 4.98 Å². The molecule has 28 heavy (non-hydrogen) atoms. The summed E-state index contributed by atoms with van der Waals surface area (Å²) in [6.07, 6.45) is -5.02. The van der Waals surface area contributed by atoms with E-state index >= 15 is 0 Å². The van der Waals surface area contributed by atoms with Crippen molar-refractivity contribution in [1.29, 1.82) is 0 Å². The molecule has 2 aromatic rings. The maximum Gasteiger partial charge on any atom is 0.433 e. The number of hydrogen-bond donors (Lipinski definition) is 2. The van der Waals surface area contributed by atoms with Gasteiger partial charge in [0.1, 0.15) is 10.6 Å². The van der Waals surface area contributed by atoms with Crippen molar-refractivity contribution in [1.82, 2.24) is 10.3 Å². The third-order valence-corrected chi connectivity index (χ3v) is 5.75. The molecule has 1 saturated heterocycles. The van der Waals surface area contributed by atoms with Crippen LogP contribution in [0.2, 0.25) is 0 Å². The Kier molecular flexibility index (Phi) is 4.46. The zero-order valence-electron chi connectivity index (χ0n) is 14.1. The largest absolute Gasteiger partial charge is 0.433 e. The first kappa shape index (κ1) is 21.1. The first-order chi connectivity index (χ1) is 12.6. The van der Waals surface area contributed by atoms with Gasteiger partial charge in [-0.2, -0.15) is 13.2 Å². The van der Waals surface area contributed by atoms with Gasteiger partial charge in [0.2, 0.25) is 0 Å². The molecule has 0 amide bonds. The SMILES string of the molecule is O[C@H](c1cc(C(F)(F)F)nc2c(S(F)(F)(F)(F)F)cccc12)[C@H]1CCCCN1. The lowest BCUT2D eigenvalue weighted by atomic mass is 9.92. The summed E-state index contributed by atoms with van der Waals surface area (Å²) in [5.74, 6) is 0. The van der Waals surface area contributed by atoms with Crippen LogP contribution in [0.5, 0.6) is 0 Å². The van der Waals surface area contributed by atoms with E-state index in [0.717, 1.165) is 12.5 Å². The molecule has 3 rings (SSSR count). The number of nitrogens with one attached hydrogen (secondary N) is 1. The highest BCUT2D eigenvalue weighted by Gasteiger charge is 2.66. The van der Waals surface area contributed by atoms with Crippen molar-refractivity contribution in [3.63, 3.8) is 0 Å². The average molecular weight is 436 g/mol. The van der Waals surface area contributed by atoms with Gasteiger partial charge in [0.15, 0.2) is 0 Å². The molecule has 1 fully saturated rings. The van der Waals surface area contributed by atoms with Crippen molar-refractivity contribution in [3.8, 4) is 0 Å². The number of benzene rings is 1. The summed E-state index contributed by atoms with van der Waals surface area (Å²) in [6, 6.07) is 1.31. The summed E-state index contributed by atoms with van der Waals surface area (Å²) in [5.41, 5.74) is -3.83. The Labute approximate surface area is 154 Å². The van der Waals surface area contributed by atoms with Crippen molar-refractivity contribution >= 4 is 21.1 Å². The summed E-state index contributed by atoms with van der Waals surface area (Å²) < 4.78 is 107. The molecule has 0 radical (unpaired) electrons. The van der Waals surface area contributed by atoms with Crippen LogP contribution in [0.15, 0.2) is 29.2 Å². The second-order valence-corrected chi connectivity index (χ2v) is 9.09. The minimum Gasteiger partial charge on any atom is -0.387 e. The van der Waals surface area contributed by atoms with Crippen molar-refractivity contribution in [2.24, 2.45) is 0 Å². The van der Waals surface area contributed by atoms with Crippen LogP contribution in [0.1, 0.15) is 36.6 Å². The van der Waals surface area contributed by atoms with Gasteiger partial charge >= 0.3 is 16.4 Å². The number of aliphatic hydroxyl groups is 1. The molecule has 1 aromatic carbocycles. The number of fused-ring (bicyclic) bond motifs is 1. The van der Waals surface area contributed by atoms with E-state index in [4.69, 9.17) is 0 Å². The molecular formula is C16H16F8N2OS. The summed E-state index contributed by atoms with van der Waals surface area (Å²) >= 11 is 0. The van der Waals surface area contributed by atoms with E-state index < -0.39 is 55.6 Å². The van der Waals surface area contributed by atoms with E-state index in [1.165, 1.54) is 0 Å². The molecule has 0 saturated carbocycles. The fraction of sp³-hybridized carbons (Fsp3) is 0.438. The van der Waals surface area contributed by atoms with E-state index in [9.17, 15) is 37.7 Å². The first-order valence-corrected chi connectivity index (χ1v) is 10.2. The molecule has 1 aliphatic rings. The summed E-state index contributed by atoms with van der Waals surface area (Å²) in [6.45, 7) is 0.466. The second-order valence-electron chi connectivity index (χ2n) is 6.72. The number of hydrogen-bond acceptors (Lipinski definition) is 3. The number of aliphatic hydroxyl groups excluding tert-OH is 1. The van der Waals surface area contributed by atoms with Crippen LogP contribution in [0.3, 0.4) is 0 Å². The van der Waals surface area contributed by atoms with Gasteiger partial charge in [-0.3, -0.25) is 0 Å². The van der Waals surface area contributed by atoms with Crippen molar-refractivity contribution < 1.29 is 37.7 Å². The summed E-state index contributed by atoms with van der Waals surface area (Å²) in [5, 5.41) is 12.8. The molecule has 2 atom stereocenters. The zero-order valence-corrected chi connectivity index (χ0v) is 14.9. The maximum absolute atomic E-state index is 13.4. The fourth-order valence-corrected chi connectivity index (χ4v) is 4.17. The van der Waals surface area contributed by atoms with Crippen LogP contribution in [-0.2, 0) is 6.18 Å². The lowest BCUT2D eigenvalue weighted by molar-refractivity contribution is -0.141. The van der Waals surface area contributed by atoms with Gasteiger partial charge in [-0.15, -0.1) is 0 Å². The molecular weight excluding hydrogens is 420 g/mol. The fourth-order valence-electron chi connectivity index (χ4n) is 3.31. The van der Waals surface area contributed by atoms with E-state index in [1.807, 2.05) is 0 Å². The minimum atomic E-state index is -10.3. The number of nitrogens with zero attached hydrogens (tertiary/aromatic N) is 1. The average Bonchev–Trinajstić information content (AvgIpc) is 2.57. The standard InChI is InChI=1S/C16H16F8N2OS/c17-16(18,19)13-8-10(15(27)11-5-1-2-7-25-11)9-4-3-6-12(14(9)26-13)28(20,21,22,23)24/h3-4,6,8,11,15,25,27H,1-2,5,7H2/t11-,15-/m1/s1. The second kappa shape index (κ2) is 5.92. The normalized spacial score (nSPS) is 22.5. The quantitative estimate of drug-likeness (QED) is 0.573. The molecule has 2 heterocycles. The molecule has 0 unspecified atom stereocenters. The van der Waals surface area contributed by atoms with Crippen molar-refractivity contribution in [2.45, 2.75) is 42.5 Å². The van der Waals surface area contributed by atoms with Crippen LogP contribution in [0.25, 0.3) is 10.9 Å². The molecule has 1 aromatic heterocycles. The number of aromatic nitrogens is 1.